The number of halogens is 4. The van der Waals surface area contributed by atoms with Crippen molar-refractivity contribution < 1.29 is 134 Å². The number of aromatic amines is 3. The summed E-state index contributed by atoms with van der Waals surface area (Å²) in [5, 5.41) is 7.82. The number of hydrogen-bond acceptors (Lipinski definition) is 47. The van der Waals surface area contributed by atoms with E-state index in [0.29, 0.717) is 28.1 Å². The van der Waals surface area contributed by atoms with Gasteiger partial charge in [0, 0.05) is 25.0 Å². The number of rotatable bonds is 6. The normalized spacial score (nSPS) is 38.0. The van der Waals surface area contributed by atoms with Crippen LogP contribution >= 0.6 is 52.6 Å². The van der Waals surface area contributed by atoms with Gasteiger partial charge in [0.05, 0.1) is 101 Å². The lowest BCUT2D eigenvalue weighted by Crippen LogP contribution is -2.45. The standard InChI is InChI=1S/C22H24FN9O10P2S2.C21H24FN9O9P2S2.C20H22F2N10O9P2S2/c23-10-9-3-37-43(34,45)42-15-14-20(31-6-27-11-8(24)1-2-26-16(11)31)40-22(15,4-36-14)5-38-44(35,46)41-13(10)19(39-9)32-7-28-12-17(32)29-21(25)30-18(12)33;22-12-15-11(38-20(12)30-6-26-13-9(23)1-2-25-16(13)30)5-36-41(33,43)39-10-3-8(4-35-42(34,44)40-15)37-19(10)31-7-27-14-17(31)28-21(24)29-18(14)32;21-9-7-3-36-42(34,44)40-13-8(39-18(10(13)22)32-15-11(29-30-32)6(23)1-2-25-15)4-37-43(35,45)41-14(9)19(38-7)31-5-26-12-16(31)27-20(24)28-17(12)33/h1-2,6-7,9-10,13-15,19-20H,3-5H2,(H2,24,26)(H,34,45)(H,35,46)(H3,25,29,30,33);1-2,6-8,10-12,15,19-20H,3-5H2,(H2,23,25)(H,33,43)(H,34,44)(H3,24,28,29,32);1-2,5,7-10,13-14,18-19H,3-4H2,(H2,23,25)(H,34,44)(H,35,45)(H3,24,27,28,33)/t9-,10+,13-,14-,15+,19-,20-,22-,43?,44?;8-,10-,11+,12-,15?,19+,20+,41?,42?;7-,8-,9-,10+,13-,14-,18-,19-,42?,43?/m101/s1. The SMILES string of the molecule is Nc1nc2c(ncn2[C@@H]2O[C@@H]3COP(=O)(S)OC4[C@@H](COP(O)(=S)O[C@H]2C3)O[C@@H](n2cnc3c(N)ccnc32)[C@H]4F)c(=O)[nH]1.Nc1nc2c(ncn2[C@@H]2O[C@@H]3COP(O)(=S)O[C@H]4[C@H](F)[C@H](n5nnc6c(N)ccnc65)O[C@@H]4COP(O)(=S)O[C@@H]2[C@@H]3F)c(=O)[nH]1.Nc1nc2c(ncn2[C@@H]2O[C@@H]3COP(O)(=S)O[C@H]4[C@H]5OC[C@]4(COP(O)(=S)O[C@@H]2[C@H]3F)O[C@H]5n2cnc3c(N)ccnc32)c(=O)[nH]1. The van der Waals surface area contributed by atoms with Gasteiger partial charge in [-0.1, -0.05) is 17.5 Å². The summed E-state index contributed by atoms with van der Waals surface area (Å²) in [4.78, 5) is 145. The zero-order valence-corrected chi connectivity index (χ0v) is 77.8. The van der Waals surface area contributed by atoms with Crippen molar-refractivity contribution in [3.8, 4) is 0 Å². The van der Waals surface area contributed by atoms with E-state index >= 15 is 17.6 Å². The molecule has 72 heteroatoms. The van der Waals surface area contributed by atoms with Crippen molar-refractivity contribution in [2.75, 3.05) is 80.7 Å². The van der Waals surface area contributed by atoms with Crippen molar-refractivity contribution in [3.63, 3.8) is 0 Å². The van der Waals surface area contributed by atoms with Crippen molar-refractivity contribution >= 4 is 214 Å². The smallest absolute Gasteiger partial charge is 0.386 e. The molecule has 0 amide bonds. The van der Waals surface area contributed by atoms with Crippen LogP contribution in [-0.2, 0) is 151 Å². The van der Waals surface area contributed by atoms with E-state index in [2.05, 4.69) is 92.3 Å². The maximum Gasteiger partial charge on any atom is 0.386 e. The first-order valence-corrected chi connectivity index (χ1v) is 55.0. The van der Waals surface area contributed by atoms with Gasteiger partial charge in [0.15, 0.2) is 118 Å². The summed E-state index contributed by atoms with van der Waals surface area (Å²) in [7, 11) is 0. The maximum absolute atomic E-state index is 16.0. The number of alkyl halides is 4. The van der Waals surface area contributed by atoms with Gasteiger partial charge in [0.25, 0.3) is 16.7 Å². The quantitative estimate of drug-likeness (QED) is 0.0628. The van der Waals surface area contributed by atoms with Gasteiger partial charge in [0.1, 0.15) is 83.8 Å². The van der Waals surface area contributed by atoms with Gasteiger partial charge in [-0.25, -0.2) is 62.0 Å². The highest BCUT2D eigenvalue weighted by Crippen LogP contribution is 2.63. The van der Waals surface area contributed by atoms with Gasteiger partial charge in [-0.05, 0) is 77.2 Å². The molecule has 0 spiro atoms. The number of pyridine rings is 3. The second-order valence-electron chi connectivity index (χ2n) is 31.2. The van der Waals surface area contributed by atoms with Crippen molar-refractivity contribution in [1.82, 2.24) is 108 Å². The maximum atomic E-state index is 16.0. The number of hydrogen-bond donors (Lipinski definition) is 15. The predicted molar refractivity (Wildman–Crippen MR) is 472 cm³/mol. The number of thiol groups is 1. The fraction of sp³-hybridized carbons (Fsp3) is 0.492. The first kappa shape index (κ1) is 94.8. The largest absolute Gasteiger partial charge is 0.397 e. The van der Waals surface area contributed by atoms with E-state index < -0.39 is 231 Å². The summed E-state index contributed by atoms with van der Waals surface area (Å²) < 4.78 is 194. The second kappa shape index (κ2) is 35.8. The van der Waals surface area contributed by atoms with E-state index in [1.54, 1.807) is 16.7 Å². The van der Waals surface area contributed by atoms with Crippen LogP contribution in [0.4, 0.5) is 52.5 Å². The number of aromatic nitrogens is 22. The topological polar surface area (TPSA) is 745 Å². The van der Waals surface area contributed by atoms with Gasteiger partial charge in [-0.2, -0.15) is 19.6 Å². The first-order valence-electron chi connectivity index (χ1n) is 39.4. The van der Waals surface area contributed by atoms with E-state index in [-0.39, 0.29) is 93.5 Å². The fourth-order valence-electron chi connectivity index (χ4n) is 16.6. The van der Waals surface area contributed by atoms with Gasteiger partial charge in [0.2, 0.25) is 17.8 Å². The molecule has 0 saturated carbocycles. The molecule has 0 aromatic carbocycles. The molecular weight excluding hydrogens is 2050 g/mol. The van der Waals surface area contributed by atoms with E-state index in [9.17, 15) is 43.4 Å². The molecule has 0 aliphatic carbocycles. The Balaban J connectivity index is 0.000000126. The molecule has 20 N–H and O–H groups in total. The van der Waals surface area contributed by atoms with Crippen LogP contribution in [0.3, 0.4) is 0 Å². The Morgan fingerprint density at radius 3 is 1.32 bits per heavy atom. The lowest BCUT2D eigenvalue weighted by atomic mass is 10.0. The highest BCUT2D eigenvalue weighted by Gasteiger charge is 2.66. The molecule has 10 fully saturated rings. The molecule has 12 aromatic rings. The highest BCUT2D eigenvalue weighted by molar-refractivity contribution is 8.44. The third kappa shape index (κ3) is 18.1. The lowest BCUT2D eigenvalue weighted by molar-refractivity contribution is -0.183. The molecule has 22 rings (SSSR count). The van der Waals surface area contributed by atoms with Gasteiger partial charge in [-0.3, -0.25) is 79.3 Å². The molecule has 29 atom stereocenters. The average molecular weight is 2120 g/mol. The van der Waals surface area contributed by atoms with Crippen LogP contribution in [0.15, 0.2) is 82.8 Å². The zero-order chi connectivity index (χ0) is 95.0. The van der Waals surface area contributed by atoms with Crippen LogP contribution < -0.4 is 51.1 Å². The predicted octanol–water partition coefficient (Wildman–Crippen LogP) is 1.05. The van der Waals surface area contributed by atoms with Gasteiger partial charge < -0.3 is 119 Å². The number of ether oxygens (including phenoxy) is 7. The number of nitrogen functional groups attached to an aromatic ring is 6. The minimum absolute atomic E-state index is 0.0214. The molecule has 10 saturated heterocycles. The Morgan fingerprint density at radius 1 is 0.407 bits per heavy atom. The third-order valence-corrected chi connectivity index (χ3v) is 32.0. The van der Waals surface area contributed by atoms with Crippen molar-refractivity contribution in [2.24, 2.45) is 0 Å². The third-order valence-electron chi connectivity index (χ3n) is 22.6. The zero-order valence-electron chi connectivity index (χ0n) is 67.5. The second-order valence-corrected chi connectivity index (χ2v) is 48.0. The summed E-state index contributed by atoms with van der Waals surface area (Å²) in [6.07, 6.45) is -21.0. The summed E-state index contributed by atoms with van der Waals surface area (Å²) >= 11 is 30.2. The number of anilines is 6. The summed E-state index contributed by atoms with van der Waals surface area (Å²) in [6.45, 7) is -28.9. The van der Waals surface area contributed by atoms with Gasteiger partial charge >= 0.3 is 40.4 Å². The fourth-order valence-corrected chi connectivity index (χ4v) is 25.2. The summed E-state index contributed by atoms with van der Waals surface area (Å²) in [6, 6.07) is 4.62. The highest BCUT2D eigenvalue weighted by atomic mass is 32.7. The Kier molecular flexibility index (Phi) is 25.1. The van der Waals surface area contributed by atoms with Crippen molar-refractivity contribution in [3.05, 3.63) is 99.5 Å². The average Bonchev–Trinajstić information content (AvgIpc) is 1.56. The van der Waals surface area contributed by atoms with E-state index in [1.165, 1.54) is 63.7 Å². The molecular formula is C63H70F4N28O28P6S6. The molecule has 7 unspecified atom stereocenters. The lowest BCUT2D eigenvalue weighted by Gasteiger charge is -2.33. The van der Waals surface area contributed by atoms with E-state index in [1.807, 2.05) is 0 Å². The molecule has 22 heterocycles. The molecule has 8 bridgehead atoms. The van der Waals surface area contributed by atoms with Crippen molar-refractivity contribution in [2.45, 2.75) is 147 Å². The molecule has 0 radical (unpaired) electrons. The van der Waals surface area contributed by atoms with Crippen LogP contribution in [-0.4, -0.2) is 282 Å². The summed E-state index contributed by atoms with van der Waals surface area (Å²) in [5.41, 5.74) is 33.9. The number of nitrogens with zero attached hydrogens (tertiary/aromatic N) is 19. The van der Waals surface area contributed by atoms with Crippen LogP contribution in [0.2, 0.25) is 0 Å². The van der Waals surface area contributed by atoms with Crippen molar-refractivity contribution in [1.29, 1.82) is 0 Å². The first-order chi connectivity index (χ1) is 64.1. The molecule has 10 aliphatic heterocycles. The monoisotopic (exact) mass is 2120 g/mol. The minimum Gasteiger partial charge on any atom is -0.397 e. The van der Waals surface area contributed by atoms with Crippen LogP contribution in [0.1, 0.15) is 43.8 Å². The van der Waals surface area contributed by atoms with Crippen LogP contribution in [0.5, 0.6) is 0 Å². The Labute approximate surface area is 778 Å². The number of nitrogens with two attached hydrogens (primary N) is 6. The Morgan fingerprint density at radius 2 is 0.807 bits per heavy atom. The molecule has 12 aromatic heterocycles. The Bertz CT molecular complexity index is 7210. The molecule has 724 valence electrons. The number of imidazole rings is 5. The molecule has 56 nitrogen and oxygen atoms in total. The number of nitrogens with one attached hydrogen (secondary N) is 3. The van der Waals surface area contributed by atoms with Crippen LogP contribution in [0, 0.1) is 0 Å². The number of fused-ring (bicyclic) bond motifs is 14. The van der Waals surface area contributed by atoms with E-state index in [4.69, 9.17) is 181 Å². The minimum atomic E-state index is -4.36. The number of H-pyrrole nitrogens is 3. The molecule has 10 aliphatic rings. The Hall–Kier alpha value is -7.77. The van der Waals surface area contributed by atoms with E-state index in [0.717, 1.165) is 15.6 Å². The summed E-state index contributed by atoms with van der Waals surface area (Å²) in [5.74, 6) is -0.652. The van der Waals surface area contributed by atoms with Crippen LogP contribution in [0.25, 0.3) is 67.0 Å². The molecule has 135 heavy (non-hydrogen) atoms. The van der Waals surface area contributed by atoms with Gasteiger partial charge in [-0.15, -0.1) is 5.10 Å².